The molecule has 10 nitrogen and oxygen atoms in total. The van der Waals surface area contributed by atoms with Gasteiger partial charge in [0.15, 0.2) is 0 Å². The first-order chi connectivity index (χ1) is 18.1. The Morgan fingerprint density at radius 3 is 2.11 bits per heavy atom. The number of aliphatic carboxylic acids is 1. The topological polar surface area (TPSA) is 162 Å². The summed E-state index contributed by atoms with van der Waals surface area (Å²) in [5.74, 6) is -2.77. The Hall–Kier alpha value is -3.92. The number of carboxylic acids is 1. The van der Waals surface area contributed by atoms with Crippen molar-refractivity contribution in [1.82, 2.24) is 15.5 Å². The second-order valence-electron chi connectivity index (χ2n) is 9.98. The molecule has 1 aliphatic rings. The number of carbonyl (C=O) groups excluding carboxylic acids is 3. The van der Waals surface area contributed by atoms with Gasteiger partial charge in [0, 0.05) is 19.4 Å². The molecule has 0 bridgehead atoms. The highest BCUT2D eigenvalue weighted by atomic mass is 16.4. The fraction of sp³-hybridized carbons (Fsp3) is 0.429. The molecule has 2 aromatic carbocycles. The van der Waals surface area contributed by atoms with Crippen molar-refractivity contribution in [3.63, 3.8) is 0 Å². The lowest BCUT2D eigenvalue weighted by molar-refractivity contribution is -0.149. The Kier molecular flexibility index (Phi) is 9.84. The molecule has 1 heterocycles. The summed E-state index contributed by atoms with van der Waals surface area (Å²) in [4.78, 5) is 53.0. The van der Waals surface area contributed by atoms with E-state index in [-0.39, 0.29) is 31.1 Å². The van der Waals surface area contributed by atoms with E-state index in [4.69, 9.17) is 5.73 Å². The van der Waals surface area contributed by atoms with E-state index in [9.17, 15) is 29.4 Å². The molecule has 1 saturated heterocycles. The summed E-state index contributed by atoms with van der Waals surface area (Å²) in [5, 5.41) is 24.7. The second kappa shape index (κ2) is 13.0. The van der Waals surface area contributed by atoms with Gasteiger partial charge < -0.3 is 31.5 Å². The molecule has 38 heavy (non-hydrogen) atoms. The minimum Gasteiger partial charge on any atom is -0.508 e. The number of phenols is 1. The van der Waals surface area contributed by atoms with Crippen LogP contribution >= 0.6 is 0 Å². The van der Waals surface area contributed by atoms with Crippen LogP contribution < -0.4 is 16.4 Å². The van der Waals surface area contributed by atoms with E-state index in [0.717, 1.165) is 5.56 Å². The Balaban J connectivity index is 1.87. The average Bonchev–Trinajstić information content (AvgIpc) is 3.39. The molecule has 4 atom stereocenters. The Morgan fingerprint density at radius 2 is 1.50 bits per heavy atom. The first-order valence-corrected chi connectivity index (χ1v) is 12.8. The Bertz CT molecular complexity index is 1120. The summed E-state index contributed by atoms with van der Waals surface area (Å²) in [5.41, 5.74) is 7.47. The van der Waals surface area contributed by atoms with Gasteiger partial charge in [0.05, 0.1) is 6.04 Å². The molecule has 204 valence electrons. The van der Waals surface area contributed by atoms with Crippen LogP contribution in [0, 0.1) is 5.92 Å². The quantitative estimate of drug-likeness (QED) is 0.295. The fourth-order valence-electron chi connectivity index (χ4n) is 4.46. The molecule has 0 aromatic heterocycles. The van der Waals surface area contributed by atoms with E-state index >= 15 is 0 Å². The van der Waals surface area contributed by atoms with Crippen molar-refractivity contribution in [3.8, 4) is 5.75 Å². The highest BCUT2D eigenvalue weighted by Gasteiger charge is 2.38. The molecular weight excluding hydrogens is 488 g/mol. The van der Waals surface area contributed by atoms with E-state index in [1.165, 1.54) is 17.0 Å². The van der Waals surface area contributed by atoms with Crippen LogP contribution in [0.2, 0.25) is 0 Å². The second-order valence-corrected chi connectivity index (χ2v) is 9.98. The van der Waals surface area contributed by atoms with E-state index in [2.05, 4.69) is 10.6 Å². The first kappa shape index (κ1) is 28.6. The number of hydrogen-bond donors (Lipinski definition) is 5. The van der Waals surface area contributed by atoms with Crippen LogP contribution in [0.25, 0.3) is 0 Å². The third-order valence-electron chi connectivity index (χ3n) is 6.75. The molecule has 2 aromatic rings. The lowest BCUT2D eigenvalue weighted by Crippen LogP contribution is -2.58. The van der Waals surface area contributed by atoms with Crippen LogP contribution in [0.1, 0.15) is 37.8 Å². The predicted octanol–water partition coefficient (Wildman–Crippen LogP) is 1.21. The zero-order valence-electron chi connectivity index (χ0n) is 21.7. The smallest absolute Gasteiger partial charge is 0.326 e. The summed E-state index contributed by atoms with van der Waals surface area (Å²) in [7, 11) is 0. The summed E-state index contributed by atoms with van der Waals surface area (Å²) in [6, 6.07) is 11.5. The van der Waals surface area contributed by atoms with Crippen molar-refractivity contribution < 1.29 is 29.4 Å². The van der Waals surface area contributed by atoms with Gasteiger partial charge in [-0.05, 0) is 42.0 Å². The molecule has 0 spiro atoms. The molecular formula is C28H36N4O6. The number of nitrogens with one attached hydrogen (secondary N) is 2. The molecule has 3 amide bonds. The molecule has 1 aliphatic heterocycles. The van der Waals surface area contributed by atoms with Crippen LogP contribution in [0.15, 0.2) is 54.6 Å². The van der Waals surface area contributed by atoms with Gasteiger partial charge in [-0.25, -0.2) is 4.79 Å². The van der Waals surface area contributed by atoms with Crippen LogP contribution in [-0.2, 0) is 32.0 Å². The van der Waals surface area contributed by atoms with Crippen molar-refractivity contribution in [2.75, 3.05) is 6.54 Å². The number of benzene rings is 2. The summed E-state index contributed by atoms with van der Waals surface area (Å²) in [6.45, 7) is 3.87. The number of phenolic OH excluding ortho intramolecular Hbond substituents is 1. The average molecular weight is 525 g/mol. The molecule has 0 aliphatic carbocycles. The highest BCUT2D eigenvalue weighted by Crippen LogP contribution is 2.20. The Labute approximate surface area is 222 Å². The maximum atomic E-state index is 13.6. The van der Waals surface area contributed by atoms with E-state index in [1.54, 1.807) is 26.0 Å². The predicted molar refractivity (Wildman–Crippen MR) is 141 cm³/mol. The maximum Gasteiger partial charge on any atom is 0.326 e. The zero-order valence-corrected chi connectivity index (χ0v) is 21.7. The molecule has 4 unspecified atom stereocenters. The number of hydrogen-bond acceptors (Lipinski definition) is 6. The zero-order chi connectivity index (χ0) is 27.8. The normalized spacial score (nSPS) is 17.5. The number of nitrogens with two attached hydrogens (primary N) is 1. The monoisotopic (exact) mass is 524 g/mol. The third-order valence-corrected chi connectivity index (χ3v) is 6.75. The Morgan fingerprint density at radius 1 is 0.921 bits per heavy atom. The number of amides is 3. The van der Waals surface area contributed by atoms with Crippen molar-refractivity contribution >= 4 is 23.7 Å². The summed E-state index contributed by atoms with van der Waals surface area (Å²) < 4.78 is 0. The fourth-order valence-corrected chi connectivity index (χ4v) is 4.46. The molecule has 1 fully saturated rings. The summed E-state index contributed by atoms with van der Waals surface area (Å²) >= 11 is 0. The van der Waals surface area contributed by atoms with E-state index in [0.29, 0.717) is 18.4 Å². The van der Waals surface area contributed by atoms with Gasteiger partial charge in [0.2, 0.25) is 17.7 Å². The maximum absolute atomic E-state index is 13.6. The van der Waals surface area contributed by atoms with Gasteiger partial charge in [-0.1, -0.05) is 56.3 Å². The van der Waals surface area contributed by atoms with Crippen LogP contribution in [0.4, 0.5) is 0 Å². The van der Waals surface area contributed by atoms with Crippen molar-refractivity contribution in [1.29, 1.82) is 0 Å². The molecule has 3 rings (SSSR count). The first-order valence-electron chi connectivity index (χ1n) is 12.8. The van der Waals surface area contributed by atoms with Crippen molar-refractivity contribution in [2.45, 2.75) is 63.7 Å². The lowest BCUT2D eigenvalue weighted by Gasteiger charge is -2.29. The van der Waals surface area contributed by atoms with Crippen LogP contribution in [0.5, 0.6) is 5.75 Å². The van der Waals surface area contributed by atoms with E-state index in [1.807, 2.05) is 30.3 Å². The number of rotatable bonds is 11. The standard InChI is InChI=1S/C28H36N4O6/c1-17(2)24(29)26(35)30-21(15-19-10-12-20(33)13-11-19)25(34)31-22(16-18-7-4-3-5-8-18)27(36)32-14-6-9-23(32)28(37)38/h3-5,7-8,10-13,17,21-24,33H,6,9,14-16,29H2,1-2H3,(H,30,35)(H,31,34)(H,37,38). The minimum absolute atomic E-state index is 0.0627. The number of carboxylic acid groups (broad SMARTS) is 1. The molecule has 0 saturated carbocycles. The SMILES string of the molecule is CC(C)C(N)C(=O)NC(Cc1ccc(O)cc1)C(=O)NC(Cc1ccccc1)C(=O)N1CCCC1C(=O)O. The number of likely N-dealkylation sites (tertiary alicyclic amines) is 1. The van der Waals surface area contributed by atoms with E-state index < -0.39 is 47.9 Å². The highest BCUT2D eigenvalue weighted by molar-refractivity contribution is 5.94. The van der Waals surface area contributed by atoms with Gasteiger partial charge in [-0.15, -0.1) is 0 Å². The minimum atomic E-state index is -1.08. The largest absolute Gasteiger partial charge is 0.508 e. The number of carbonyl (C=O) groups is 4. The third kappa shape index (κ3) is 7.55. The lowest BCUT2D eigenvalue weighted by atomic mass is 10.00. The van der Waals surface area contributed by atoms with Gasteiger partial charge in [-0.3, -0.25) is 14.4 Å². The van der Waals surface area contributed by atoms with Gasteiger partial charge in [0.25, 0.3) is 0 Å². The molecule has 6 N–H and O–H groups in total. The van der Waals surface area contributed by atoms with Crippen LogP contribution in [0.3, 0.4) is 0 Å². The van der Waals surface area contributed by atoms with Gasteiger partial charge in [-0.2, -0.15) is 0 Å². The van der Waals surface area contributed by atoms with Gasteiger partial charge >= 0.3 is 5.97 Å². The molecule has 0 radical (unpaired) electrons. The molecule has 10 heteroatoms. The van der Waals surface area contributed by atoms with Crippen molar-refractivity contribution in [3.05, 3.63) is 65.7 Å². The number of aromatic hydroxyl groups is 1. The van der Waals surface area contributed by atoms with Gasteiger partial charge in [0.1, 0.15) is 23.9 Å². The van der Waals surface area contributed by atoms with Crippen LogP contribution in [-0.4, -0.2) is 69.5 Å². The summed E-state index contributed by atoms with van der Waals surface area (Å²) in [6.07, 6.45) is 1.15. The number of nitrogens with zero attached hydrogens (tertiary/aromatic N) is 1. The van der Waals surface area contributed by atoms with Crippen molar-refractivity contribution in [2.24, 2.45) is 11.7 Å².